The maximum absolute atomic E-state index is 12.0. The van der Waals surface area contributed by atoms with Gasteiger partial charge < -0.3 is 4.90 Å². The molecule has 3 rings (SSSR count). The molecule has 1 amide bonds. The molecule has 1 aliphatic carbocycles. The van der Waals surface area contributed by atoms with E-state index in [4.69, 9.17) is 0 Å². The molecule has 1 saturated carbocycles. The zero-order valence-corrected chi connectivity index (χ0v) is 9.58. The van der Waals surface area contributed by atoms with E-state index in [2.05, 4.69) is 18.7 Å². The Hall–Kier alpha value is -0.570. The molecule has 2 aliphatic heterocycles. The minimum atomic E-state index is -0.0154. The van der Waals surface area contributed by atoms with Crippen LogP contribution >= 0.6 is 0 Å². The smallest absolute Gasteiger partial charge is 0.229 e. The fourth-order valence-electron chi connectivity index (χ4n) is 3.01. The van der Waals surface area contributed by atoms with Gasteiger partial charge in [-0.1, -0.05) is 0 Å². The van der Waals surface area contributed by atoms with Crippen molar-refractivity contribution in [1.29, 1.82) is 0 Å². The van der Waals surface area contributed by atoms with Gasteiger partial charge in [0.15, 0.2) is 0 Å². The van der Waals surface area contributed by atoms with E-state index >= 15 is 0 Å². The first-order valence-electron chi connectivity index (χ1n) is 5.44. The van der Waals surface area contributed by atoms with Crippen LogP contribution in [0, 0.1) is 5.41 Å². The molecule has 14 heavy (non-hydrogen) atoms. The number of nitrogens with zero attached hydrogens (tertiary/aromatic N) is 2. The highest BCUT2D eigenvalue weighted by atomic mass is 16.2. The molecule has 3 nitrogen and oxygen atoms in total. The summed E-state index contributed by atoms with van der Waals surface area (Å²) in [6, 6.07) is 1.26. The minimum absolute atomic E-state index is 0.0154. The lowest BCUT2D eigenvalue weighted by Gasteiger charge is -2.37. The average Bonchev–Trinajstić information content (AvgIpc) is 2.55. The summed E-state index contributed by atoms with van der Waals surface area (Å²) in [5.74, 6) is 0.330. The molecule has 3 heteroatoms. The van der Waals surface area contributed by atoms with Gasteiger partial charge in [-0.15, -0.1) is 0 Å². The van der Waals surface area contributed by atoms with Crippen molar-refractivity contribution in [3.05, 3.63) is 0 Å². The van der Waals surface area contributed by atoms with Crippen LogP contribution in [0.1, 0.15) is 26.7 Å². The van der Waals surface area contributed by atoms with Gasteiger partial charge in [-0.25, -0.2) is 0 Å². The van der Waals surface area contributed by atoms with Gasteiger partial charge in [-0.2, -0.15) is 0 Å². The number of carbonyl (C=O) groups excluding carboxylic acids is 1. The van der Waals surface area contributed by atoms with Crippen LogP contribution in [0.25, 0.3) is 0 Å². The normalized spacial score (nSPS) is 35.9. The summed E-state index contributed by atoms with van der Waals surface area (Å²) in [4.78, 5) is 16.2. The number of hydrogen-bond acceptors (Lipinski definition) is 2. The number of carbonyl (C=O) groups is 1. The van der Waals surface area contributed by atoms with Crippen molar-refractivity contribution >= 4 is 5.91 Å². The maximum atomic E-state index is 12.0. The molecule has 0 spiro atoms. The molecular weight excluding hydrogens is 176 g/mol. The third-order valence-electron chi connectivity index (χ3n) is 3.73. The van der Waals surface area contributed by atoms with Crippen LogP contribution < -0.4 is 0 Å². The fourth-order valence-corrected chi connectivity index (χ4v) is 3.01. The lowest BCUT2D eigenvalue weighted by atomic mass is 9.69. The molecule has 0 atom stereocenters. The highest BCUT2D eigenvalue weighted by Crippen LogP contribution is 2.53. The Morgan fingerprint density at radius 1 is 1.43 bits per heavy atom. The molecule has 2 heterocycles. The van der Waals surface area contributed by atoms with Crippen molar-refractivity contribution in [3.8, 4) is 0 Å². The number of rotatable bonds is 2. The standard InChI is InChI=1S/C11H20N2O/c1-8(2)13-7-11(5-9(13)6-11)10(14)12(3)4/h8-9H,5-7H2,1-4H3. The van der Waals surface area contributed by atoms with E-state index < -0.39 is 0 Å². The highest BCUT2D eigenvalue weighted by Gasteiger charge is 2.60. The molecule has 3 aliphatic rings. The largest absolute Gasteiger partial charge is 0.348 e. The Balaban J connectivity index is 2.08. The van der Waals surface area contributed by atoms with Crippen LogP contribution in [0.15, 0.2) is 0 Å². The summed E-state index contributed by atoms with van der Waals surface area (Å²) in [6.07, 6.45) is 2.17. The van der Waals surface area contributed by atoms with Gasteiger partial charge in [-0.05, 0) is 26.7 Å². The van der Waals surface area contributed by atoms with Crippen molar-refractivity contribution in [2.45, 2.75) is 38.8 Å². The maximum Gasteiger partial charge on any atom is 0.229 e. The molecule has 0 aromatic heterocycles. The molecule has 0 unspecified atom stereocenters. The van der Waals surface area contributed by atoms with Gasteiger partial charge in [0.2, 0.25) is 5.91 Å². The second kappa shape index (κ2) is 2.96. The number of hydrogen-bond donors (Lipinski definition) is 0. The van der Waals surface area contributed by atoms with Gasteiger partial charge in [0, 0.05) is 32.7 Å². The van der Waals surface area contributed by atoms with E-state index in [1.807, 2.05) is 14.1 Å². The Bertz CT molecular complexity index is 254. The van der Waals surface area contributed by atoms with E-state index in [-0.39, 0.29) is 5.41 Å². The summed E-state index contributed by atoms with van der Waals surface area (Å²) in [5.41, 5.74) is -0.0154. The summed E-state index contributed by atoms with van der Waals surface area (Å²) < 4.78 is 0. The first kappa shape index (κ1) is 9.97. The molecule has 0 aromatic carbocycles. The van der Waals surface area contributed by atoms with Gasteiger partial charge in [0.25, 0.3) is 0 Å². The summed E-state index contributed by atoms with van der Waals surface area (Å²) in [5, 5.41) is 0. The zero-order valence-electron chi connectivity index (χ0n) is 9.58. The summed E-state index contributed by atoms with van der Waals surface area (Å²) in [6.45, 7) is 5.41. The van der Waals surface area contributed by atoms with E-state index in [1.54, 1.807) is 4.90 Å². The topological polar surface area (TPSA) is 23.6 Å². The Morgan fingerprint density at radius 2 is 2.00 bits per heavy atom. The molecule has 3 fully saturated rings. The molecule has 0 aromatic rings. The molecule has 0 radical (unpaired) electrons. The quantitative estimate of drug-likeness (QED) is 0.656. The second-order valence-electron chi connectivity index (χ2n) is 5.31. The summed E-state index contributed by atoms with van der Waals surface area (Å²) in [7, 11) is 3.73. The van der Waals surface area contributed by atoms with Gasteiger partial charge in [-0.3, -0.25) is 9.69 Å². The Morgan fingerprint density at radius 3 is 2.36 bits per heavy atom. The minimum Gasteiger partial charge on any atom is -0.348 e. The van der Waals surface area contributed by atoms with Crippen molar-refractivity contribution in [1.82, 2.24) is 9.80 Å². The first-order chi connectivity index (χ1) is 6.46. The van der Waals surface area contributed by atoms with Crippen LogP contribution in [0.3, 0.4) is 0 Å². The highest BCUT2D eigenvalue weighted by molar-refractivity contribution is 5.84. The SMILES string of the molecule is CC(C)N1CC2(C(=O)N(C)C)CC1C2. The second-order valence-corrected chi connectivity index (χ2v) is 5.31. The molecule has 2 bridgehead atoms. The van der Waals surface area contributed by atoms with E-state index in [0.717, 1.165) is 19.4 Å². The molecule has 0 N–H and O–H groups in total. The predicted octanol–water partition coefficient (Wildman–Crippen LogP) is 0.947. The third-order valence-corrected chi connectivity index (χ3v) is 3.73. The van der Waals surface area contributed by atoms with Crippen molar-refractivity contribution < 1.29 is 4.79 Å². The Labute approximate surface area is 86.1 Å². The zero-order chi connectivity index (χ0) is 10.5. The van der Waals surface area contributed by atoms with E-state index in [9.17, 15) is 4.79 Å². The van der Waals surface area contributed by atoms with Crippen LogP contribution in [0.4, 0.5) is 0 Å². The van der Waals surface area contributed by atoms with E-state index in [1.165, 1.54) is 0 Å². The van der Waals surface area contributed by atoms with Gasteiger partial charge >= 0.3 is 0 Å². The van der Waals surface area contributed by atoms with Gasteiger partial charge in [0.05, 0.1) is 5.41 Å². The summed E-state index contributed by atoms with van der Waals surface area (Å²) >= 11 is 0. The molecular formula is C11H20N2O. The van der Waals surface area contributed by atoms with Crippen LogP contribution in [-0.4, -0.2) is 48.4 Å². The van der Waals surface area contributed by atoms with E-state index in [0.29, 0.717) is 18.0 Å². The van der Waals surface area contributed by atoms with Crippen LogP contribution in [-0.2, 0) is 4.79 Å². The van der Waals surface area contributed by atoms with Crippen LogP contribution in [0.5, 0.6) is 0 Å². The first-order valence-corrected chi connectivity index (χ1v) is 5.44. The number of amides is 1. The fraction of sp³-hybridized carbons (Fsp3) is 0.909. The lowest BCUT2D eigenvalue weighted by Crippen LogP contribution is -2.46. The van der Waals surface area contributed by atoms with Crippen molar-refractivity contribution in [2.75, 3.05) is 20.6 Å². The van der Waals surface area contributed by atoms with Gasteiger partial charge in [0.1, 0.15) is 0 Å². The lowest BCUT2D eigenvalue weighted by molar-refractivity contribution is -0.141. The van der Waals surface area contributed by atoms with Crippen LogP contribution in [0.2, 0.25) is 0 Å². The molecule has 2 saturated heterocycles. The van der Waals surface area contributed by atoms with Crippen molar-refractivity contribution in [3.63, 3.8) is 0 Å². The molecule has 80 valence electrons. The number of fused-ring (bicyclic) bond motifs is 1. The monoisotopic (exact) mass is 196 g/mol. The third kappa shape index (κ3) is 1.18. The van der Waals surface area contributed by atoms with Crippen molar-refractivity contribution in [2.24, 2.45) is 5.41 Å². The Kier molecular flexibility index (Phi) is 2.11. The predicted molar refractivity (Wildman–Crippen MR) is 56.0 cm³/mol. The average molecular weight is 196 g/mol.